The van der Waals surface area contributed by atoms with E-state index in [1.165, 1.54) is 6.42 Å². The Bertz CT molecular complexity index is 784. The number of nitrogens with zero attached hydrogens (tertiary/aromatic N) is 3. The molecule has 0 bridgehead atoms. The van der Waals surface area contributed by atoms with E-state index in [1.807, 2.05) is 11.0 Å². The summed E-state index contributed by atoms with van der Waals surface area (Å²) in [6.45, 7) is 5.58. The highest BCUT2D eigenvalue weighted by atomic mass is 16.5. The van der Waals surface area contributed by atoms with Gasteiger partial charge in [0.15, 0.2) is 0 Å². The van der Waals surface area contributed by atoms with Crippen LogP contribution in [0.2, 0.25) is 0 Å². The summed E-state index contributed by atoms with van der Waals surface area (Å²) in [5.41, 5.74) is 1.89. The van der Waals surface area contributed by atoms with E-state index in [0.29, 0.717) is 24.8 Å². The van der Waals surface area contributed by atoms with Crippen molar-refractivity contribution in [1.29, 1.82) is 0 Å². The van der Waals surface area contributed by atoms with Crippen molar-refractivity contribution in [3.05, 3.63) is 18.0 Å². The molecule has 7 heteroatoms. The predicted molar refractivity (Wildman–Crippen MR) is 105 cm³/mol. The number of hydrogen-bond donors (Lipinski definition) is 2. The number of aryl methyl sites for hydroxylation is 1. The lowest BCUT2D eigenvalue weighted by Crippen LogP contribution is -2.39. The van der Waals surface area contributed by atoms with Gasteiger partial charge in [0.25, 0.3) is 0 Å². The van der Waals surface area contributed by atoms with E-state index in [1.54, 1.807) is 6.20 Å². The van der Waals surface area contributed by atoms with Crippen LogP contribution in [0.3, 0.4) is 0 Å². The Morgan fingerprint density at radius 3 is 3.04 bits per heavy atom. The van der Waals surface area contributed by atoms with Gasteiger partial charge < -0.3 is 15.0 Å². The van der Waals surface area contributed by atoms with E-state index in [9.17, 15) is 4.79 Å². The lowest BCUT2D eigenvalue weighted by Gasteiger charge is -2.31. The summed E-state index contributed by atoms with van der Waals surface area (Å²) >= 11 is 0. The van der Waals surface area contributed by atoms with Crippen molar-refractivity contribution in [3.63, 3.8) is 0 Å². The standard InChI is InChI=1S/C20H29N5O2/c1-14-3-2-10-25(13-14)18(26)5-4-16-19-17(24-23-16)6-9-21-20(19)22-15-7-11-27-12-8-15/h6,9,14-15H,2-5,7-8,10-13H2,1H3,(H,21,22)(H,23,24)/t14-/m0/s1. The highest BCUT2D eigenvalue weighted by molar-refractivity contribution is 5.92. The van der Waals surface area contributed by atoms with Gasteiger partial charge in [-0.3, -0.25) is 9.89 Å². The van der Waals surface area contributed by atoms with Crippen LogP contribution >= 0.6 is 0 Å². The number of piperidine rings is 1. The molecule has 2 aromatic rings. The van der Waals surface area contributed by atoms with Gasteiger partial charge >= 0.3 is 0 Å². The molecule has 2 saturated heterocycles. The van der Waals surface area contributed by atoms with Gasteiger partial charge in [-0.1, -0.05) is 6.92 Å². The Balaban J connectivity index is 1.46. The van der Waals surface area contributed by atoms with Gasteiger partial charge in [-0.15, -0.1) is 0 Å². The second kappa shape index (κ2) is 8.25. The fraction of sp³-hybridized carbons (Fsp3) is 0.650. The van der Waals surface area contributed by atoms with Gasteiger partial charge in [0, 0.05) is 50.7 Å². The van der Waals surface area contributed by atoms with E-state index in [2.05, 4.69) is 27.4 Å². The topological polar surface area (TPSA) is 83.1 Å². The van der Waals surface area contributed by atoms with Gasteiger partial charge in [-0.2, -0.15) is 5.10 Å². The number of rotatable bonds is 5. The fourth-order valence-corrected chi connectivity index (χ4v) is 4.16. The predicted octanol–water partition coefficient (Wildman–Crippen LogP) is 2.74. The van der Waals surface area contributed by atoms with Crippen LogP contribution in [0.5, 0.6) is 0 Å². The number of likely N-dealkylation sites (tertiary alicyclic amines) is 1. The van der Waals surface area contributed by atoms with Crippen molar-refractivity contribution in [2.45, 2.75) is 51.5 Å². The molecule has 7 nitrogen and oxygen atoms in total. The Morgan fingerprint density at radius 1 is 1.37 bits per heavy atom. The molecular formula is C20H29N5O2. The number of carbonyl (C=O) groups is 1. The summed E-state index contributed by atoms with van der Waals surface area (Å²) < 4.78 is 5.44. The number of fused-ring (bicyclic) bond motifs is 1. The van der Waals surface area contributed by atoms with Gasteiger partial charge in [0.1, 0.15) is 5.82 Å². The third-order valence-corrected chi connectivity index (χ3v) is 5.70. The zero-order chi connectivity index (χ0) is 18.6. The van der Waals surface area contributed by atoms with Crippen molar-refractivity contribution >= 4 is 22.6 Å². The summed E-state index contributed by atoms with van der Waals surface area (Å²) in [5.74, 6) is 1.71. The maximum atomic E-state index is 12.6. The van der Waals surface area contributed by atoms with E-state index in [4.69, 9.17) is 4.74 Å². The lowest BCUT2D eigenvalue weighted by atomic mass is 10.00. The molecule has 2 aliphatic heterocycles. The molecule has 146 valence electrons. The third kappa shape index (κ3) is 4.24. The zero-order valence-electron chi connectivity index (χ0n) is 16.0. The van der Waals surface area contributed by atoms with Crippen LogP contribution in [0, 0.1) is 5.92 Å². The highest BCUT2D eigenvalue weighted by Gasteiger charge is 2.22. The number of hydrogen-bond acceptors (Lipinski definition) is 5. The second-order valence-electron chi connectivity index (χ2n) is 7.87. The Labute approximate surface area is 159 Å². The number of amides is 1. The molecule has 2 aliphatic rings. The third-order valence-electron chi connectivity index (χ3n) is 5.70. The number of nitrogens with one attached hydrogen (secondary N) is 2. The number of anilines is 1. The molecule has 27 heavy (non-hydrogen) atoms. The van der Waals surface area contributed by atoms with Crippen molar-refractivity contribution in [3.8, 4) is 0 Å². The molecule has 2 aromatic heterocycles. The molecule has 0 aromatic carbocycles. The average Bonchev–Trinajstić information content (AvgIpc) is 3.11. The molecule has 4 rings (SSSR count). The summed E-state index contributed by atoms with van der Waals surface area (Å²) in [5, 5.41) is 12.1. The van der Waals surface area contributed by atoms with Gasteiger partial charge in [0.05, 0.1) is 10.9 Å². The fourth-order valence-electron chi connectivity index (χ4n) is 4.16. The second-order valence-corrected chi connectivity index (χ2v) is 7.87. The van der Waals surface area contributed by atoms with E-state index >= 15 is 0 Å². The van der Waals surface area contributed by atoms with Crippen molar-refractivity contribution < 1.29 is 9.53 Å². The van der Waals surface area contributed by atoms with Crippen LogP contribution in [0.15, 0.2) is 12.3 Å². The molecule has 0 spiro atoms. The number of aromatic nitrogens is 3. The van der Waals surface area contributed by atoms with Gasteiger partial charge in [-0.05, 0) is 44.1 Å². The Morgan fingerprint density at radius 2 is 2.22 bits per heavy atom. The summed E-state index contributed by atoms with van der Waals surface area (Å²) in [4.78, 5) is 19.2. The first-order valence-corrected chi connectivity index (χ1v) is 10.1. The van der Waals surface area contributed by atoms with Crippen molar-refractivity contribution in [2.24, 2.45) is 5.92 Å². The van der Waals surface area contributed by atoms with Crippen LogP contribution in [0.1, 0.15) is 44.7 Å². The number of carbonyl (C=O) groups excluding carboxylic acids is 1. The largest absolute Gasteiger partial charge is 0.381 e. The van der Waals surface area contributed by atoms with Gasteiger partial charge in [0.2, 0.25) is 5.91 Å². The summed E-state index contributed by atoms with van der Waals surface area (Å²) in [6, 6.07) is 2.29. The minimum Gasteiger partial charge on any atom is -0.381 e. The molecule has 1 atom stereocenters. The number of H-pyrrole nitrogens is 1. The molecule has 0 radical (unpaired) electrons. The van der Waals surface area contributed by atoms with Crippen molar-refractivity contribution in [2.75, 3.05) is 31.6 Å². The SMILES string of the molecule is C[C@H]1CCCN(C(=O)CCc2[nH]nc3ccnc(NC4CCOCC4)c23)C1. The van der Waals surface area contributed by atoms with Crippen LogP contribution in [-0.2, 0) is 16.0 Å². The average molecular weight is 371 g/mol. The maximum Gasteiger partial charge on any atom is 0.222 e. The smallest absolute Gasteiger partial charge is 0.222 e. The first-order valence-electron chi connectivity index (χ1n) is 10.1. The lowest BCUT2D eigenvalue weighted by molar-refractivity contribution is -0.132. The van der Waals surface area contributed by atoms with E-state index in [0.717, 1.165) is 68.0 Å². The normalized spacial score (nSPS) is 21.5. The first kappa shape index (κ1) is 18.2. The molecule has 0 unspecified atom stereocenters. The van der Waals surface area contributed by atoms with E-state index in [-0.39, 0.29) is 5.91 Å². The van der Waals surface area contributed by atoms with E-state index < -0.39 is 0 Å². The summed E-state index contributed by atoms with van der Waals surface area (Å²) in [7, 11) is 0. The zero-order valence-corrected chi connectivity index (χ0v) is 16.0. The molecule has 2 fully saturated rings. The molecule has 1 amide bonds. The molecule has 0 saturated carbocycles. The first-order chi connectivity index (χ1) is 13.2. The highest BCUT2D eigenvalue weighted by Crippen LogP contribution is 2.26. The molecule has 0 aliphatic carbocycles. The summed E-state index contributed by atoms with van der Waals surface area (Å²) in [6.07, 6.45) is 7.26. The number of aromatic amines is 1. The van der Waals surface area contributed by atoms with Crippen LogP contribution in [0.25, 0.3) is 10.9 Å². The minimum atomic E-state index is 0.243. The van der Waals surface area contributed by atoms with Crippen LogP contribution < -0.4 is 5.32 Å². The van der Waals surface area contributed by atoms with Crippen LogP contribution in [-0.4, -0.2) is 58.3 Å². The quantitative estimate of drug-likeness (QED) is 0.844. The molecule has 2 N–H and O–H groups in total. The number of pyridine rings is 1. The molecule has 4 heterocycles. The molecular weight excluding hydrogens is 342 g/mol. The van der Waals surface area contributed by atoms with Crippen molar-refractivity contribution in [1.82, 2.24) is 20.1 Å². The Hall–Kier alpha value is -2.15. The Kier molecular flexibility index (Phi) is 5.57. The van der Waals surface area contributed by atoms with Gasteiger partial charge in [-0.25, -0.2) is 4.98 Å². The number of ether oxygens (including phenoxy) is 1. The monoisotopic (exact) mass is 371 g/mol. The van der Waals surface area contributed by atoms with Crippen LogP contribution in [0.4, 0.5) is 5.82 Å². The maximum absolute atomic E-state index is 12.6. The minimum absolute atomic E-state index is 0.243.